The molecule has 1 aliphatic carbocycles. The minimum Gasteiger partial charge on any atom is -0.396 e. The molecule has 0 bridgehead atoms. The SMILES string of the molecule is CCC(C(=O)NCC1(CO)CCCCC1)c1ccccc1. The summed E-state index contributed by atoms with van der Waals surface area (Å²) in [5.74, 6) is -0.00682. The molecule has 0 aliphatic heterocycles. The third kappa shape index (κ3) is 4.07. The van der Waals surface area contributed by atoms with E-state index in [2.05, 4.69) is 5.32 Å². The number of benzene rings is 1. The Morgan fingerprint density at radius 2 is 1.90 bits per heavy atom. The zero-order valence-electron chi connectivity index (χ0n) is 13.0. The molecule has 0 spiro atoms. The molecule has 1 aliphatic rings. The molecule has 1 aromatic rings. The van der Waals surface area contributed by atoms with Crippen molar-refractivity contribution in [3.05, 3.63) is 35.9 Å². The van der Waals surface area contributed by atoms with E-state index in [-0.39, 0.29) is 23.8 Å². The highest BCUT2D eigenvalue weighted by Crippen LogP contribution is 2.35. The number of hydrogen-bond acceptors (Lipinski definition) is 2. The van der Waals surface area contributed by atoms with E-state index < -0.39 is 0 Å². The molecule has 0 heterocycles. The number of carbonyl (C=O) groups is 1. The zero-order chi connectivity index (χ0) is 15.1. The molecule has 1 aromatic carbocycles. The molecule has 116 valence electrons. The average molecular weight is 289 g/mol. The van der Waals surface area contributed by atoms with Crippen LogP contribution in [0.25, 0.3) is 0 Å². The van der Waals surface area contributed by atoms with Gasteiger partial charge in [0.1, 0.15) is 0 Å². The predicted molar refractivity (Wildman–Crippen MR) is 85.1 cm³/mol. The van der Waals surface area contributed by atoms with E-state index in [1.165, 1.54) is 6.42 Å². The monoisotopic (exact) mass is 289 g/mol. The lowest BCUT2D eigenvalue weighted by atomic mass is 9.74. The van der Waals surface area contributed by atoms with Crippen molar-refractivity contribution in [3.8, 4) is 0 Å². The summed E-state index contributed by atoms with van der Waals surface area (Å²) < 4.78 is 0. The van der Waals surface area contributed by atoms with Crippen molar-refractivity contribution in [2.75, 3.05) is 13.2 Å². The standard InChI is InChI=1S/C18H27NO2/c1-2-16(15-9-5-3-6-10-15)17(21)19-13-18(14-20)11-7-4-8-12-18/h3,5-6,9-10,16,20H,2,4,7-8,11-14H2,1H3,(H,19,21). The van der Waals surface area contributed by atoms with Gasteiger partial charge in [-0.3, -0.25) is 4.79 Å². The molecule has 3 heteroatoms. The van der Waals surface area contributed by atoms with Crippen molar-refractivity contribution >= 4 is 5.91 Å². The van der Waals surface area contributed by atoms with Crippen LogP contribution in [-0.4, -0.2) is 24.2 Å². The highest BCUT2D eigenvalue weighted by molar-refractivity contribution is 5.83. The fourth-order valence-electron chi connectivity index (χ4n) is 3.35. The van der Waals surface area contributed by atoms with E-state index >= 15 is 0 Å². The number of aliphatic hydroxyl groups excluding tert-OH is 1. The molecule has 2 rings (SSSR count). The van der Waals surface area contributed by atoms with Crippen molar-refractivity contribution in [3.63, 3.8) is 0 Å². The molecule has 0 saturated heterocycles. The van der Waals surface area contributed by atoms with Crippen molar-refractivity contribution in [1.82, 2.24) is 5.32 Å². The first-order chi connectivity index (χ1) is 10.2. The van der Waals surface area contributed by atoms with E-state index in [0.29, 0.717) is 6.54 Å². The summed E-state index contributed by atoms with van der Waals surface area (Å²) in [5.41, 5.74) is 0.974. The summed E-state index contributed by atoms with van der Waals surface area (Å²) in [7, 11) is 0. The van der Waals surface area contributed by atoms with Crippen LogP contribution in [0.4, 0.5) is 0 Å². The van der Waals surface area contributed by atoms with Gasteiger partial charge >= 0.3 is 0 Å². The van der Waals surface area contributed by atoms with Crippen LogP contribution in [0.1, 0.15) is 56.9 Å². The maximum Gasteiger partial charge on any atom is 0.227 e. The number of nitrogens with one attached hydrogen (secondary N) is 1. The fourth-order valence-corrected chi connectivity index (χ4v) is 3.35. The normalized spacial score (nSPS) is 19.0. The van der Waals surface area contributed by atoms with Crippen LogP contribution >= 0.6 is 0 Å². The molecule has 3 nitrogen and oxygen atoms in total. The third-order valence-corrected chi connectivity index (χ3v) is 4.81. The molecular weight excluding hydrogens is 262 g/mol. The molecule has 1 saturated carbocycles. The second-order valence-corrected chi connectivity index (χ2v) is 6.31. The van der Waals surface area contributed by atoms with E-state index in [0.717, 1.165) is 37.7 Å². The number of amides is 1. The molecule has 1 unspecified atom stereocenters. The number of carbonyl (C=O) groups excluding carboxylic acids is 1. The lowest BCUT2D eigenvalue weighted by Gasteiger charge is -2.36. The molecule has 21 heavy (non-hydrogen) atoms. The summed E-state index contributed by atoms with van der Waals surface area (Å²) >= 11 is 0. The second kappa shape index (κ2) is 7.60. The van der Waals surface area contributed by atoms with Gasteiger partial charge in [0.15, 0.2) is 0 Å². The summed E-state index contributed by atoms with van der Waals surface area (Å²) in [6.07, 6.45) is 6.40. The summed E-state index contributed by atoms with van der Waals surface area (Å²) in [4.78, 5) is 12.5. The van der Waals surface area contributed by atoms with Gasteiger partial charge in [-0.1, -0.05) is 56.5 Å². The van der Waals surface area contributed by atoms with Gasteiger partial charge in [-0.2, -0.15) is 0 Å². The Morgan fingerprint density at radius 1 is 1.24 bits per heavy atom. The van der Waals surface area contributed by atoms with Gasteiger partial charge in [0.25, 0.3) is 0 Å². The topological polar surface area (TPSA) is 49.3 Å². The summed E-state index contributed by atoms with van der Waals surface area (Å²) in [6, 6.07) is 9.94. The minimum atomic E-state index is -0.0944. The van der Waals surface area contributed by atoms with Crippen molar-refractivity contribution < 1.29 is 9.90 Å². The maximum absolute atomic E-state index is 12.5. The first-order valence-electron chi connectivity index (χ1n) is 8.14. The smallest absolute Gasteiger partial charge is 0.227 e. The van der Waals surface area contributed by atoms with E-state index in [4.69, 9.17) is 0 Å². The van der Waals surface area contributed by atoms with Crippen LogP contribution in [0.3, 0.4) is 0 Å². The maximum atomic E-state index is 12.5. The predicted octanol–water partition coefficient (Wildman–Crippen LogP) is 3.24. The van der Waals surface area contributed by atoms with Crippen LogP contribution < -0.4 is 5.32 Å². The highest BCUT2D eigenvalue weighted by atomic mass is 16.3. The Morgan fingerprint density at radius 3 is 2.48 bits per heavy atom. The minimum absolute atomic E-state index is 0.0853. The lowest BCUT2D eigenvalue weighted by molar-refractivity contribution is -0.123. The van der Waals surface area contributed by atoms with Gasteiger partial charge in [-0.15, -0.1) is 0 Å². The molecule has 1 fully saturated rings. The van der Waals surface area contributed by atoms with Crippen LogP contribution in [0.15, 0.2) is 30.3 Å². The number of aliphatic hydroxyl groups is 1. The molecule has 0 aromatic heterocycles. The molecular formula is C18H27NO2. The van der Waals surface area contributed by atoms with Gasteiger partial charge in [0.05, 0.1) is 12.5 Å². The van der Waals surface area contributed by atoms with E-state index in [1.807, 2.05) is 37.3 Å². The Hall–Kier alpha value is -1.35. The van der Waals surface area contributed by atoms with Gasteiger partial charge in [0, 0.05) is 12.0 Å². The molecule has 1 atom stereocenters. The van der Waals surface area contributed by atoms with Crippen molar-refractivity contribution in [1.29, 1.82) is 0 Å². The van der Waals surface area contributed by atoms with Crippen molar-refractivity contribution in [2.24, 2.45) is 5.41 Å². The lowest BCUT2D eigenvalue weighted by Crippen LogP contribution is -2.42. The van der Waals surface area contributed by atoms with Crippen LogP contribution in [-0.2, 0) is 4.79 Å². The Labute approximate surface area is 127 Å². The zero-order valence-corrected chi connectivity index (χ0v) is 13.0. The number of rotatable bonds is 6. The largest absolute Gasteiger partial charge is 0.396 e. The third-order valence-electron chi connectivity index (χ3n) is 4.81. The Bertz CT molecular complexity index is 438. The Kier molecular flexibility index (Phi) is 5.80. The quantitative estimate of drug-likeness (QED) is 0.844. The summed E-state index contributed by atoms with van der Waals surface area (Å²) in [5, 5.41) is 12.8. The van der Waals surface area contributed by atoms with E-state index in [1.54, 1.807) is 0 Å². The Balaban J connectivity index is 1.96. The number of hydrogen-bond donors (Lipinski definition) is 2. The summed E-state index contributed by atoms with van der Waals surface area (Å²) in [6.45, 7) is 2.82. The highest BCUT2D eigenvalue weighted by Gasteiger charge is 2.32. The van der Waals surface area contributed by atoms with Gasteiger partial charge in [-0.05, 0) is 24.8 Å². The van der Waals surface area contributed by atoms with E-state index in [9.17, 15) is 9.90 Å². The van der Waals surface area contributed by atoms with Gasteiger partial charge in [-0.25, -0.2) is 0 Å². The molecule has 2 N–H and O–H groups in total. The molecule has 1 amide bonds. The first-order valence-corrected chi connectivity index (χ1v) is 8.14. The van der Waals surface area contributed by atoms with Crippen molar-refractivity contribution in [2.45, 2.75) is 51.4 Å². The van der Waals surface area contributed by atoms with Gasteiger partial charge in [0.2, 0.25) is 5.91 Å². The van der Waals surface area contributed by atoms with Crippen LogP contribution in [0.2, 0.25) is 0 Å². The molecule has 0 radical (unpaired) electrons. The van der Waals surface area contributed by atoms with Gasteiger partial charge < -0.3 is 10.4 Å². The van der Waals surface area contributed by atoms with Crippen LogP contribution in [0, 0.1) is 5.41 Å². The average Bonchev–Trinajstić information content (AvgIpc) is 2.55. The second-order valence-electron chi connectivity index (χ2n) is 6.31. The fraction of sp³-hybridized carbons (Fsp3) is 0.611. The van der Waals surface area contributed by atoms with Crippen LogP contribution in [0.5, 0.6) is 0 Å². The first kappa shape index (κ1) is 16.0.